The Kier molecular flexibility index (Phi) is 2.86. The van der Waals surface area contributed by atoms with Crippen molar-refractivity contribution in [3.05, 3.63) is 22.8 Å². The lowest BCUT2D eigenvalue weighted by Crippen LogP contribution is -2.39. The third-order valence-electron chi connectivity index (χ3n) is 2.26. The van der Waals surface area contributed by atoms with Gasteiger partial charge < -0.3 is 11.1 Å². The topological polar surface area (TPSA) is 68.2 Å². The van der Waals surface area contributed by atoms with Gasteiger partial charge in [0.15, 0.2) is 5.65 Å². The maximum atomic E-state index is 5.64. The van der Waals surface area contributed by atoms with Crippen LogP contribution in [0.2, 0.25) is 0 Å². The molecule has 0 unspecified atom stereocenters. The molecule has 0 atom stereocenters. The van der Waals surface area contributed by atoms with E-state index in [9.17, 15) is 0 Å². The second-order valence-electron chi connectivity index (χ2n) is 4.30. The van der Waals surface area contributed by atoms with Crippen LogP contribution in [0.25, 0.3) is 5.65 Å². The lowest BCUT2D eigenvalue weighted by Gasteiger charge is -2.22. The van der Waals surface area contributed by atoms with Gasteiger partial charge >= 0.3 is 0 Å². The van der Waals surface area contributed by atoms with Crippen LogP contribution in [-0.4, -0.2) is 26.7 Å². The first kappa shape index (κ1) is 11.3. The van der Waals surface area contributed by atoms with Gasteiger partial charge in [-0.25, -0.2) is 4.52 Å². The number of hydrogen-bond acceptors (Lipinski definition) is 4. The first-order valence-electron chi connectivity index (χ1n) is 5.00. The van der Waals surface area contributed by atoms with Gasteiger partial charge in [0, 0.05) is 22.8 Å². The van der Waals surface area contributed by atoms with Crippen molar-refractivity contribution in [1.82, 2.24) is 14.6 Å². The molecule has 0 aliphatic carbocycles. The van der Waals surface area contributed by atoms with Crippen LogP contribution in [0.1, 0.15) is 13.8 Å². The molecule has 0 aromatic carbocycles. The fraction of sp³-hybridized carbons (Fsp3) is 0.400. The summed E-state index contributed by atoms with van der Waals surface area (Å²) in [5, 5.41) is 7.51. The fourth-order valence-electron chi connectivity index (χ4n) is 1.26. The van der Waals surface area contributed by atoms with Gasteiger partial charge in [-0.05, 0) is 41.9 Å². The minimum Gasteiger partial charge on any atom is -0.347 e. The maximum absolute atomic E-state index is 5.64. The molecular weight excluding hydrogens is 270 g/mol. The van der Waals surface area contributed by atoms with Crippen LogP contribution in [0, 0.1) is 0 Å². The van der Waals surface area contributed by atoms with Crippen molar-refractivity contribution in [3.63, 3.8) is 0 Å². The lowest BCUT2D eigenvalue weighted by atomic mass is 10.1. The summed E-state index contributed by atoms with van der Waals surface area (Å²) in [6, 6.07) is 3.83. The summed E-state index contributed by atoms with van der Waals surface area (Å²) in [6.07, 6.45) is 1.86. The van der Waals surface area contributed by atoms with E-state index in [0.717, 1.165) is 10.1 Å². The Morgan fingerprint density at radius 3 is 2.94 bits per heavy atom. The number of hydrogen-bond donors (Lipinski definition) is 2. The van der Waals surface area contributed by atoms with Gasteiger partial charge in [0.25, 0.3) is 0 Å². The third-order valence-corrected chi connectivity index (χ3v) is 2.72. The highest BCUT2D eigenvalue weighted by Crippen LogP contribution is 2.14. The number of fused-ring (bicyclic) bond motifs is 1. The van der Waals surface area contributed by atoms with E-state index in [1.807, 2.05) is 32.2 Å². The molecule has 2 aromatic heterocycles. The number of rotatable bonds is 3. The minimum absolute atomic E-state index is 0.206. The molecule has 0 amide bonds. The van der Waals surface area contributed by atoms with Gasteiger partial charge in [-0.3, -0.25) is 0 Å². The van der Waals surface area contributed by atoms with Crippen molar-refractivity contribution in [2.75, 3.05) is 11.9 Å². The molecule has 0 saturated heterocycles. The van der Waals surface area contributed by atoms with E-state index in [0.29, 0.717) is 12.5 Å². The van der Waals surface area contributed by atoms with Gasteiger partial charge in [0.1, 0.15) is 0 Å². The van der Waals surface area contributed by atoms with Crippen LogP contribution < -0.4 is 11.1 Å². The monoisotopic (exact) mass is 283 g/mol. The SMILES string of the molecule is CC(C)(CN)Nc1nc2ccc(Br)cn2n1. The molecule has 6 heteroatoms. The standard InChI is InChI=1S/C10H14BrN5/c1-10(2,6-12)14-9-13-8-4-3-7(11)5-16(8)15-9/h3-5H,6,12H2,1-2H3,(H,14,15). The van der Waals surface area contributed by atoms with Crippen LogP contribution in [0.3, 0.4) is 0 Å². The first-order valence-corrected chi connectivity index (χ1v) is 5.80. The number of pyridine rings is 1. The molecule has 16 heavy (non-hydrogen) atoms. The maximum Gasteiger partial charge on any atom is 0.243 e. The van der Waals surface area contributed by atoms with E-state index in [1.165, 1.54) is 0 Å². The number of aromatic nitrogens is 3. The zero-order valence-electron chi connectivity index (χ0n) is 9.24. The Morgan fingerprint density at radius 1 is 1.50 bits per heavy atom. The van der Waals surface area contributed by atoms with Crippen molar-refractivity contribution >= 4 is 27.5 Å². The van der Waals surface area contributed by atoms with Gasteiger partial charge in [-0.15, -0.1) is 5.10 Å². The van der Waals surface area contributed by atoms with Crippen molar-refractivity contribution in [2.45, 2.75) is 19.4 Å². The Hall–Kier alpha value is -1.14. The van der Waals surface area contributed by atoms with Gasteiger partial charge in [-0.2, -0.15) is 4.98 Å². The Bertz CT molecular complexity index is 505. The molecule has 0 saturated carbocycles. The molecule has 0 radical (unpaired) electrons. The molecule has 2 heterocycles. The summed E-state index contributed by atoms with van der Waals surface area (Å²) in [6.45, 7) is 4.54. The summed E-state index contributed by atoms with van der Waals surface area (Å²) in [5.74, 6) is 0.591. The van der Waals surface area contributed by atoms with Crippen LogP contribution in [0.4, 0.5) is 5.95 Å². The molecule has 0 spiro atoms. The Balaban J connectivity index is 2.33. The summed E-state index contributed by atoms with van der Waals surface area (Å²) in [4.78, 5) is 4.35. The molecule has 5 nitrogen and oxygen atoms in total. The average Bonchev–Trinajstić information content (AvgIpc) is 2.58. The highest BCUT2D eigenvalue weighted by molar-refractivity contribution is 9.10. The highest BCUT2D eigenvalue weighted by Gasteiger charge is 2.17. The van der Waals surface area contributed by atoms with E-state index in [-0.39, 0.29) is 5.54 Å². The predicted octanol–water partition coefficient (Wildman–Crippen LogP) is 1.64. The Morgan fingerprint density at radius 2 is 2.25 bits per heavy atom. The molecule has 0 aliphatic heterocycles. The van der Waals surface area contributed by atoms with Gasteiger partial charge in [0.05, 0.1) is 0 Å². The number of anilines is 1. The first-order chi connectivity index (χ1) is 7.50. The number of nitrogens with zero attached hydrogens (tertiary/aromatic N) is 3. The van der Waals surface area contributed by atoms with E-state index < -0.39 is 0 Å². The minimum atomic E-state index is -0.206. The highest BCUT2D eigenvalue weighted by atomic mass is 79.9. The fourth-order valence-corrected chi connectivity index (χ4v) is 1.59. The smallest absolute Gasteiger partial charge is 0.243 e. The van der Waals surface area contributed by atoms with Crippen molar-refractivity contribution in [1.29, 1.82) is 0 Å². The number of nitrogens with one attached hydrogen (secondary N) is 1. The molecule has 0 aliphatic rings. The van der Waals surface area contributed by atoms with E-state index in [4.69, 9.17) is 5.73 Å². The molecule has 2 aromatic rings. The number of halogens is 1. The predicted molar refractivity (Wildman–Crippen MR) is 67.4 cm³/mol. The summed E-state index contributed by atoms with van der Waals surface area (Å²) < 4.78 is 2.69. The second kappa shape index (κ2) is 4.03. The second-order valence-corrected chi connectivity index (χ2v) is 5.21. The summed E-state index contributed by atoms with van der Waals surface area (Å²) in [5.41, 5.74) is 6.24. The Labute approximate surface area is 102 Å². The molecule has 2 rings (SSSR count). The van der Waals surface area contributed by atoms with Crippen molar-refractivity contribution < 1.29 is 0 Å². The lowest BCUT2D eigenvalue weighted by molar-refractivity contribution is 0.574. The molecule has 0 bridgehead atoms. The molecule has 86 valence electrons. The molecule has 0 fully saturated rings. The van der Waals surface area contributed by atoms with Gasteiger partial charge in [0.2, 0.25) is 5.95 Å². The van der Waals surface area contributed by atoms with Crippen LogP contribution >= 0.6 is 15.9 Å². The van der Waals surface area contributed by atoms with Crippen LogP contribution in [-0.2, 0) is 0 Å². The van der Waals surface area contributed by atoms with Crippen molar-refractivity contribution in [3.8, 4) is 0 Å². The zero-order chi connectivity index (χ0) is 11.8. The summed E-state index contributed by atoms with van der Waals surface area (Å²) >= 11 is 3.39. The largest absolute Gasteiger partial charge is 0.347 e. The van der Waals surface area contributed by atoms with E-state index >= 15 is 0 Å². The van der Waals surface area contributed by atoms with Crippen molar-refractivity contribution in [2.24, 2.45) is 5.73 Å². The van der Waals surface area contributed by atoms with E-state index in [1.54, 1.807) is 4.52 Å². The summed E-state index contributed by atoms with van der Waals surface area (Å²) in [7, 11) is 0. The average molecular weight is 284 g/mol. The third kappa shape index (κ3) is 2.33. The zero-order valence-corrected chi connectivity index (χ0v) is 10.8. The van der Waals surface area contributed by atoms with Gasteiger partial charge in [-0.1, -0.05) is 0 Å². The number of nitrogens with two attached hydrogens (primary N) is 1. The van der Waals surface area contributed by atoms with E-state index in [2.05, 4.69) is 31.3 Å². The quantitative estimate of drug-likeness (QED) is 0.899. The molecule has 3 N–H and O–H groups in total. The van der Waals surface area contributed by atoms with Crippen LogP contribution in [0.15, 0.2) is 22.8 Å². The van der Waals surface area contributed by atoms with Crippen LogP contribution in [0.5, 0.6) is 0 Å². The molecular formula is C10H14BrN5. The normalized spacial score (nSPS) is 12.0.